The van der Waals surface area contributed by atoms with Gasteiger partial charge in [0.2, 0.25) is 0 Å². The Labute approximate surface area is 90.9 Å². The molecule has 0 amide bonds. The molecule has 0 bridgehead atoms. The standard InChI is InChI=1S/C12H19NO2/c1-10(8-14)9-15-7-6-11-4-2-3-5-12(11)13/h2-5,10,14H,6-9,13H2,1H3. The molecule has 0 saturated carbocycles. The zero-order valence-corrected chi connectivity index (χ0v) is 9.15. The van der Waals surface area contributed by atoms with Crippen LogP contribution in [0.15, 0.2) is 24.3 Å². The first-order valence-electron chi connectivity index (χ1n) is 5.26. The monoisotopic (exact) mass is 209 g/mol. The Balaban J connectivity index is 2.23. The van der Waals surface area contributed by atoms with Crippen molar-refractivity contribution in [3.05, 3.63) is 29.8 Å². The van der Waals surface area contributed by atoms with Crippen molar-refractivity contribution in [1.82, 2.24) is 0 Å². The second-order valence-electron chi connectivity index (χ2n) is 3.81. The molecule has 0 saturated heterocycles. The lowest BCUT2D eigenvalue weighted by atomic mass is 10.1. The molecule has 0 spiro atoms. The molecular weight excluding hydrogens is 190 g/mol. The van der Waals surface area contributed by atoms with E-state index in [9.17, 15) is 0 Å². The minimum atomic E-state index is 0.174. The number of benzene rings is 1. The van der Waals surface area contributed by atoms with Gasteiger partial charge in [-0.2, -0.15) is 0 Å². The van der Waals surface area contributed by atoms with Crippen LogP contribution in [0.4, 0.5) is 5.69 Å². The SMILES string of the molecule is CC(CO)COCCc1ccccc1N. The zero-order chi connectivity index (χ0) is 11.1. The van der Waals surface area contributed by atoms with Crippen molar-refractivity contribution in [2.75, 3.05) is 25.6 Å². The molecule has 1 rings (SSSR count). The molecule has 0 aliphatic carbocycles. The van der Waals surface area contributed by atoms with E-state index in [1.54, 1.807) is 0 Å². The second kappa shape index (κ2) is 6.43. The maximum atomic E-state index is 8.80. The summed E-state index contributed by atoms with van der Waals surface area (Å²) in [5, 5.41) is 8.80. The van der Waals surface area contributed by atoms with Gasteiger partial charge in [0, 0.05) is 18.2 Å². The third-order valence-corrected chi connectivity index (χ3v) is 2.28. The van der Waals surface area contributed by atoms with Gasteiger partial charge in [0.15, 0.2) is 0 Å². The fourth-order valence-corrected chi connectivity index (χ4v) is 1.28. The van der Waals surface area contributed by atoms with Gasteiger partial charge in [-0.3, -0.25) is 0 Å². The summed E-state index contributed by atoms with van der Waals surface area (Å²) in [4.78, 5) is 0. The molecule has 0 aliphatic heterocycles. The number of nitrogen functional groups attached to an aromatic ring is 1. The number of anilines is 1. The molecule has 3 N–H and O–H groups in total. The maximum Gasteiger partial charge on any atom is 0.0513 e. The molecule has 1 aromatic rings. The lowest BCUT2D eigenvalue weighted by Crippen LogP contribution is -2.11. The summed E-state index contributed by atoms with van der Waals surface area (Å²) in [7, 11) is 0. The molecular formula is C12H19NO2. The van der Waals surface area contributed by atoms with Gasteiger partial charge in [0.1, 0.15) is 0 Å². The Morgan fingerprint density at radius 2 is 2.13 bits per heavy atom. The molecule has 1 atom stereocenters. The average Bonchev–Trinajstić information content (AvgIpc) is 2.26. The van der Waals surface area contributed by atoms with Crippen LogP contribution >= 0.6 is 0 Å². The van der Waals surface area contributed by atoms with Gasteiger partial charge in [-0.1, -0.05) is 25.1 Å². The van der Waals surface area contributed by atoms with Gasteiger partial charge in [-0.15, -0.1) is 0 Å². The molecule has 3 heteroatoms. The van der Waals surface area contributed by atoms with E-state index in [0.717, 1.165) is 17.7 Å². The normalized spacial score (nSPS) is 12.7. The van der Waals surface area contributed by atoms with E-state index in [4.69, 9.17) is 15.6 Å². The van der Waals surface area contributed by atoms with Crippen LogP contribution in [0.3, 0.4) is 0 Å². The van der Waals surface area contributed by atoms with E-state index in [2.05, 4.69) is 0 Å². The van der Waals surface area contributed by atoms with Gasteiger partial charge in [0.05, 0.1) is 13.2 Å². The highest BCUT2D eigenvalue weighted by Gasteiger charge is 2.01. The summed E-state index contributed by atoms with van der Waals surface area (Å²) in [5.41, 5.74) is 7.73. The molecule has 0 aromatic heterocycles. The zero-order valence-electron chi connectivity index (χ0n) is 9.15. The lowest BCUT2D eigenvalue weighted by Gasteiger charge is -2.09. The van der Waals surface area contributed by atoms with Crippen molar-refractivity contribution in [2.45, 2.75) is 13.3 Å². The third kappa shape index (κ3) is 4.32. The van der Waals surface area contributed by atoms with Gasteiger partial charge < -0.3 is 15.6 Å². The quantitative estimate of drug-likeness (QED) is 0.551. The third-order valence-electron chi connectivity index (χ3n) is 2.28. The molecule has 1 unspecified atom stereocenters. The molecule has 0 fully saturated rings. The second-order valence-corrected chi connectivity index (χ2v) is 3.81. The predicted molar refractivity (Wildman–Crippen MR) is 61.6 cm³/mol. The number of hydrogen-bond acceptors (Lipinski definition) is 3. The first-order valence-corrected chi connectivity index (χ1v) is 5.26. The molecule has 0 heterocycles. The first-order chi connectivity index (χ1) is 7.24. The predicted octanol–water partition coefficient (Wildman–Crippen LogP) is 1.46. The van der Waals surface area contributed by atoms with Crippen molar-refractivity contribution >= 4 is 5.69 Å². The summed E-state index contributed by atoms with van der Waals surface area (Å²) in [6, 6.07) is 7.80. The number of nitrogens with two attached hydrogens (primary N) is 1. The van der Waals surface area contributed by atoms with Crippen LogP contribution in [-0.2, 0) is 11.2 Å². The van der Waals surface area contributed by atoms with Gasteiger partial charge in [-0.25, -0.2) is 0 Å². The van der Waals surface area contributed by atoms with Crippen LogP contribution in [0.2, 0.25) is 0 Å². The minimum Gasteiger partial charge on any atom is -0.399 e. The summed E-state index contributed by atoms with van der Waals surface area (Å²) in [6.07, 6.45) is 0.824. The van der Waals surface area contributed by atoms with E-state index in [1.807, 2.05) is 31.2 Å². The maximum absolute atomic E-state index is 8.80. The fraction of sp³-hybridized carbons (Fsp3) is 0.500. The number of rotatable bonds is 6. The average molecular weight is 209 g/mol. The highest BCUT2D eigenvalue weighted by atomic mass is 16.5. The van der Waals surface area contributed by atoms with E-state index in [1.165, 1.54) is 0 Å². The highest BCUT2D eigenvalue weighted by Crippen LogP contribution is 2.11. The van der Waals surface area contributed by atoms with E-state index in [-0.39, 0.29) is 12.5 Å². The van der Waals surface area contributed by atoms with Crippen molar-refractivity contribution in [3.8, 4) is 0 Å². The number of aliphatic hydroxyl groups is 1. The van der Waals surface area contributed by atoms with Crippen LogP contribution in [0.1, 0.15) is 12.5 Å². The topological polar surface area (TPSA) is 55.5 Å². The number of hydrogen-bond donors (Lipinski definition) is 2. The van der Waals surface area contributed by atoms with Crippen molar-refractivity contribution < 1.29 is 9.84 Å². The minimum absolute atomic E-state index is 0.174. The van der Waals surface area contributed by atoms with Crippen LogP contribution in [0.5, 0.6) is 0 Å². The molecule has 3 nitrogen and oxygen atoms in total. The van der Waals surface area contributed by atoms with Crippen LogP contribution in [0, 0.1) is 5.92 Å². The lowest BCUT2D eigenvalue weighted by molar-refractivity contribution is 0.0820. The van der Waals surface area contributed by atoms with E-state index in [0.29, 0.717) is 13.2 Å². The van der Waals surface area contributed by atoms with Gasteiger partial charge >= 0.3 is 0 Å². The van der Waals surface area contributed by atoms with E-state index < -0.39 is 0 Å². The fourth-order valence-electron chi connectivity index (χ4n) is 1.28. The number of aliphatic hydroxyl groups excluding tert-OH is 1. The summed E-state index contributed by atoms with van der Waals surface area (Å²) >= 11 is 0. The molecule has 0 aliphatic rings. The first kappa shape index (κ1) is 12.0. The summed E-state index contributed by atoms with van der Waals surface area (Å²) < 4.78 is 5.43. The summed E-state index contributed by atoms with van der Waals surface area (Å²) in [5.74, 6) is 0.207. The molecule has 15 heavy (non-hydrogen) atoms. The van der Waals surface area contributed by atoms with Crippen molar-refractivity contribution in [3.63, 3.8) is 0 Å². The van der Waals surface area contributed by atoms with Crippen molar-refractivity contribution in [2.24, 2.45) is 5.92 Å². The van der Waals surface area contributed by atoms with Crippen molar-refractivity contribution in [1.29, 1.82) is 0 Å². The Kier molecular flexibility index (Phi) is 5.15. The van der Waals surface area contributed by atoms with Gasteiger partial charge in [0.25, 0.3) is 0 Å². The Bertz CT molecular complexity index is 289. The summed E-state index contributed by atoms with van der Waals surface area (Å²) in [6.45, 7) is 3.38. The molecule has 1 aromatic carbocycles. The number of ether oxygens (including phenoxy) is 1. The van der Waals surface area contributed by atoms with Crippen LogP contribution < -0.4 is 5.73 Å². The highest BCUT2D eigenvalue weighted by molar-refractivity contribution is 5.46. The smallest absolute Gasteiger partial charge is 0.0513 e. The molecule has 84 valence electrons. The van der Waals surface area contributed by atoms with E-state index >= 15 is 0 Å². The Hall–Kier alpha value is -1.06. The van der Waals surface area contributed by atoms with Gasteiger partial charge in [-0.05, 0) is 18.1 Å². The molecule has 0 radical (unpaired) electrons. The van der Waals surface area contributed by atoms with Crippen LogP contribution in [0.25, 0.3) is 0 Å². The van der Waals surface area contributed by atoms with Crippen LogP contribution in [-0.4, -0.2) is 24.9 Å². The Morgan fingerprint density at radius 3 is 2.80 bits per heavy atom. The largest absolute Gasteiger partial charge is 0.399 e. The Morgan fingerprint density at radius 1 is 1.40 bits per heavy atom. The number of para-hydroxylation sites is 1.